The van der Waals surface area contributed by atoms with Gasteiger partial charge in [0.2, 0.25) is 23.6 Å². The number of rotatable bonds is 4. The summed E-state index contributed by atoms with van der Waals surface area (Å²) in [6.07, 6.45) is 7.64. The number of hydrogen-bond acceptors (Lipinski definition) is 6. The second-order valence-electron chi connectivity index (χ2n) is 12.8. The van der Waals surface area contributed by atoms with Gasteiger partial charge in [0, 0.05) is 12.0 Å². The van der Waals surface area contributed by atoms with Crippen molar-refractivity contribution in [1.29, 1.82) is 0 Å². The number of allylic oxidation sites excluding steroid dienone is 2. The van der Waals surface area contributed by atoms with Gasteiger partial charge in [-0.05, 0) is 68.4 Å². The van der Waals surface area contributed by atoms with Crippen molar-refractivity contribution in [2.75, 3.05) is 12.0 Å². The number of nitrogens with zero attached hydrogens (tertiary/aromatic N) is 2. The van der Waals surface area contributed by atoms with Crippen molar-refractivity contribution in [3.8, 4) is 11.5 Å². The molecule has 0 spiro atoms. The first-order chi connectivity index (χ1) is 20.3. The summed E-state index contributed by atoms with van der Waals surface area (Å²) in [4.78, 5) is 59.3. The molecule has 6 unspecified atom stereocenters. The van der Waals surface area contributed by atoms with Crippen molar-refractivity contribution in [2.45, 2.75) is 63.8 Å². The zero-order valence-electron chi connectivity index (χ0n) is 24.0. The van der Waals surface area contributed by atoms with Crippen LogP contribution in [0.25, 0.3) is 0 Å². The number of para-hydroxylation sites is 1. The van der Waals surface area contributed by atoms with Crippen molar-refractivity contribution < 1.29 is 29.0 Å². The maximum atomic E-state index is 14.4. The number of carbonyl (C=O) groups is 4. The van der Waals surface area contributed by atoms with E-state index in [1.165, 1.54) is 12.0 Å². The predicted octanol–water partition coefficient (Wildman–Crippen LogP) is 4.96. The van der Waals surface area contributed by atoms with Gasteiger partial charge in [-0.25, -0.2) is 4.90 Å². The van der Waals surface area contributed by atoms with E-state index >= 15 is 0 Å². The average molecular weight is 569 g/mol. The molecule has 2 heterocycles. The highest BCUT2D eigenvalue weighted by Gasteiger charge is 2.67. The molecule has 0 aromatic heterocycles. The monoisotopic (exact) mass is 568 g/mol. The Labute approximate surface area is 245 Å². The summed E-state index contributed by atoms with van der Waals surface area (Å²) in [7, 11) is 1.48. The Morgan fingerprint density at radius 2 is 1.64 bits per heavy atom. The Kier molecular flexibility index (Phi) is 6.29. The van der Waals surface area contributed by atoms with E-state index in [1.807, 2.05) is 19.1 Å². The van der Waals surface area contributed by atoms with Gasteiger partial charge in [0.25, 0.3) is 0 Å². The summed E-state index contributed by atoms with van der Waals surface area (Å²) >= 11 is 0. The minimum absolute atomic E-state index is 0.0562. The third-order valence-electron chi connectivity index (χ3n) is 10.8. The molecule has 8 nitrogen and oxygen atoms in total. The number of carbonyl (C=O) groups excluding carboxylic acids is 4. The van der Waals surface area contributed by atoms with Crippen LogP contribution in [-0.4, -0.2) is 46.8 Å². The Balaban J connectivity index is 1.35. The lowest BCUT2D eigenvalue weighted by Gasteiger charge is -2.49. The van der Waals surface area contributed by atoms with Crippen LogP contribution in [0.2, 0.25) is 0 Å². The largest absolute Gasteiger partial charge is 0.504 e. The van der Waals surface area contributed by atoms with Gasteiger partial charge in [0.1, 0.15) is 0 Å². The van der Waals surface area contributed by atoms with Crippen molar-refractivity contribution in [3.05, 3.63) is 65.7 Å². The molecule has 5 aliphatic rings. The van der Waals surface area contributed by atoms with E-state index < -0.39 is 29.1 Å². The summed E-state index contributed by atoms with van der Waals surface area (Å²) < 4.78 is 5.29. The Morgan fingerprint density at radius 3 is 2.33 bits per heavy atom. The van der Waals surface area contributed by atoms with Crippen LogP contribution in [-0.2, 0) is 19.2 Å². The molecule has 2 saturated heterocycles. The maximum Gasteiger partial charge on any atom is 0.241 e. The zero-order chi connectivity index (χ0) is 29.3. The van der Waals surface area contributed by atoms with E-state index in [4.69, 9.17) is 4.74 Å². The second kappa shape index (κ2) is 9.82. The molecule has 0 radical (unpaired) electrons. The highest BCUT2D eigenvalue weighted by molar-refractivity contribution is 6.24. The summed E-state index contributed by atoms with van der Waals surface area (Å²) in [6.45, 7) is 1.85. The number of benzene rings is 2. The fourth-order valence-electron chi connectivity index (χ4n) is 8.83. The van der Waals surface area contributed by atoms with E-state index in [1.54, 1.807) is 41.3 Å². The highest BCUT2D eigenvalue weighted by Crippen LogP contribution is 2.64. The molecule has 2 aliphatic heterocycles. The van der Waals surface area contributed by atoms with Crippen molar-refractivity contribution in [2.24, 2.45) is 29.1 Å². The minimum atomic E-state index is -1.14. The number of ether oxygens (including phenoxy) is 1. The fraction of sp³-hybridized carbons (Fsp3) is 0.471. The number of methoxy groups -OCH3 is 1. The Hall–Kier alpha value is -3.94. The number of anilines is 1. The van der Waals surface area contributed by atoms with Gasteiger partial charge in [-0.2, -0.15) is 0 Å². The number of imide groups is 2. The van der Waals surface area contributed by atoms with Gasteiger partial charge in [-0.3, -0.25) is 24.1 Å². The molecule has 7 rings (SSSR count). The number of phenolic OH excluding ortho intramolecular Hbond substituents is 1. The molecule has 2 aromatic rings. The second-order valence-corrected chi connectivity index (χ2v) is 12.8. The smallest absolute Gasteiger partial charge is 0.241 e. The van der Waals surface area contributed by atoms with E-state index in [-0.39, 0.29) is 41.3 Å². The number of aromatic hydroxyl groups is 1. The Morgan fingerprint density at radius 1 is 0.905 bits per heavy atom. The van der Waals surface area contributed by atoms with Crippen molar-refractivity contribution in [1.82, 2.24) is 4.90 Å². The lowest BCUT2D eigenvalue weighted by Crippen LogP contribution is -2.49. The van der Waals surface area contributed by atoms with Crippen molar-refractivity contribution >= 4 is 29.3 Å². The fourth-order valence-corrected chi connectivity index (χ4v) is 8.83. The first-order valence-electron chi connectivity index (χ1n) is 15.1. The molecule has 2 aromatic carbocycles. The maximum absolute atomic E-state index is 14.4. The molecule has 42 heavy (non-hydrogen) atoms. The summed E-state index contributed by atoms with van der Waals surface area (Å²) in [5, 5.41) is 10.8. The molecule has 2 saturated carbocycles. The van der Waals surface area contributed by atoms with Gasteiger partial charge < -0.3 is 9.84 Å². The molecule has 218 valence electrons. The van der Waals surface area contributed by atoms with Crippen LogP contribution in [0.4, 0.5) is 5.69 Å². The molecule has 0 bridgehead atoms. The number of fused-ring (bicyclic) bond motifs is 4. The lowest BCUT2D eigenvalue weighted by atomic mass is 9.51. The van der Waals surface area contributed by atoms with E-state index in [0.717, 1.165) is 37.7 Å². The molecule has 4 amide bonds. The molecular weight excluding hydrogens is 532 g/mol. The molecular formula is C34H36N2O6. The number of hydrogen-bond donors (Lipinski definition) is 1. The van der Waals surface area contributed by atoms with Crippen LogP contribution in [0.1, 0.15) is 63.4 Å². The third-order valence-corrected chi connectivity index (χ3v) is 10.8. The summed E-state index contributed by atoms with van der Waals surface area (Å²) in [5.41, 5.74) is 0.983. The molecule has 8 heteroatoms. The van der Waals surface area contributed by atoms with Gasteiger partial charge in [0.05, 0.1) is 36.0 Å². The third kappa shape index (κ3) is 3.66. The molecule has 1 N–H and O–H groups in total. The van der Waals surface area contributed by atoms with Crippen LogP contribution in [0.3, 0.4) is 0 Å². The quantitative estimate of drug-likeness (QED) is 0.413. The minimum Gasteiger partial charge on any atom is -0.504 e. The average Bonchev–Trinajstić information content (AvgIpc) is 3.37. The van der Waals surface area contributed by atoms with E-state index in [2.05, 4.69) is 6.08 Å². The highest BCUT2D eigenvalue weighted by atomic mass is 16.5. The zero-order valence-corrected chi connectivity index (χ0v) is 24.0. The first-order valence-corrected chi connectivity index (χ1v) is 15.1. The molecule has 6 atom stereocenters. The summed E-state index contributed by atoms with van der Waals surface area (Å²) in [5.74, 6) is -3.11. The number of amides is 4. The van der Waals surface area contributed by atoms with Gasteiger partial charge >= 0.3 is 0 Å². The van der Waals surface area contributed by atoms with E-state index in [9.17, 15) is 24.3 Å². The van der Waals surface area contributed by atoms with Crippen LogP contribution in [0.5, 0.6) is 11.5 Å². The Bertz CT molecular complexity index is 1510. The van der Waals surface area contributed by atoms with Crippen LogP contribution in [0, 0.1) is 29.1 Å². The van der Waals surface area contributed by atoms with Crippen LogP contribution >= 0.6 is 0 Å². The molecule has 3 aliphatic carbocycles. The van der Waals surface area contributed by atoms with Crippen LogP contribution < -0.4 is 9.64 Å². The van der Waals surface area contributed by atoms with E-state index in [0.29, 0.717) is 29.8 Å². The standard InChI is InChI=1S/C34H36N2O6/c1-34-25(31(39)36(33(34)41)21-11-7-4-8-12-21)18-24-22(29(34)19-13-16-27(42-2)26(37)17-19)14-15-23-28(24)32(40)35(30(23)38)20-9-5-3-6-10-20/h4,7-8,11-14,16-17,20,23-25,28-29,37H,3,5-6,9-10,15,18H2,1-2H3. The van der Waals surface area contributed by atoms with Gasteiger partial charge in [0.15, 0.2) is 11.5 Å². The van der Waals surface area contributed by atoms with Crippen molar-refractivity contribution in [3.63, 3.8) is 0 Å². The van der Waals surface area contributed by atoms with Crippen LogP contribution in [0.15, 0.2) is 60.2 Å². The predicted molar refractivity (Wildman–Crippen MR) is 154 cm³/mol. The van der Waals surface area contributed by atoms with Gasteiger partial charge in [-0.1, -0.05) is 55.2 Å². The molecule has 4 fully saturated rings. The lowest BCUT2D eigenvalue weighted by molar-refractivity contribution is -0.144. The van der Waals surface area contributed by atoms with Gasteiger partial charge in [-0.15, -0.1) is 0 Å². The SMILES string of the molecule is COc1ccc(C2C3=CCC4C(=O)N(C5CCCCC5)C(=O)C4C3CC3C(=O)N(c4ccccc4)C(=O)C32C)cc1O. The topological polar surface area (TPSA) is 104 Å². The number of phenols is 1. The number of likely N-dealkylation sites (tertiary alicyclic amines) is 1. The first kappa shape index (κ1) is 26.9. The normalized spacial score (nSPS) is 32.9. The summed E-state index contributed by atoms with van der Waals surface area (Å²) in [6, 6.07) is 14.0.